The van der Waals surface area contributed by atoms with Crippen LogP contribution in [0.5, 0.6) is 0 Å². The number of aromatic nitrogens is 6. The number of H-pyrrole nitrogens is 1. The molecule has 0 aliphatic rings. The summed E-state index contributed by atoms with van der Waals surface area (Å²) < 4.78 is 3.72. The zero-order chi connectivity index (χ0) is 19.7. The van der Waals surface area contributed by atoms with Crippen molar-refractivity contribution in [2.45, 2.75) is 19.9 Å². The average Bonchev–Trinajstić information content (AvgIpc) is 3.41. The Balaban J connectivity index is 1.51. The third-order valence-corrected chi connectivity index (χ3v) is 4.76. The summed E-state index contributed by atoms with van der Waals surface area (Å²) in [5, 5.41) is 14.5. The Hall–Kier alpha value is -3.68. The number of hydrogen-bond donors (Lipinski definition) is 2. The van der Waals surface area contributed by atoms with Crippen LogP contribution in [-0.2, 0) is 7.05 Å². The van der Waals surface area contributed by atoms with Gasteiger partial charge in [0, 0.05) is 30.7 Å². The molecule has 0 aromatic carbocycles. The zero-order valence-electron chi connectivity index (χ0n) is 15.9. The van der Waals surface area contributed by atoms with Crippen LogP contribution < -0.4 is 5.32 Å². The molecule has 4 rings (SSSR count). The molecule has 0 aliphatic heterocycles. The molecule has 0 aliphatic carbocycles. The molecule has 1 unspecified atom stereocenters. The van der Waals surface area contributed by atoms with E-state index in [-0.39, 0.29) is 11.9 Å². The minimum Gasteiger partial charge on any atom is -0.349 e. The first-order valence-electron chi connectivity index (χ1n) is 8.98. The standard InChI is InChI=1S/C20H21N7O/c1-13(15-12-22-27(14(15)2)19-8-4-5-9-21-19)23-20(28)17-11-16(24-25-17)18-7-6-10-26(18)3/h4-13H,1-3H3,(H,23,28)(H,24,25). The van der Waals surface area contributed by atoms with Gasteiger partial charge in [-0.2, -0.15) is 10.2 Å². The third-order valence-electron chi connectivity index (χ3n) is 4.76. The topological polar surface area (TPSA) is 93.4 Å². The lowest BCUT2D eigenvalue weighted by Crippen LogP contribution is -2.27. The second-order valence-electron chi connectivity index (χ2n) is 6.65. The molecule has 8 nitrogen and oxygen atoms in total. The average molecular weight is 375 g/mol. The zero-order valence-corrected chi connectivity index (χ0v) is 15.9. The van der Waals surface area contributed by atoms with Gasteiger partial charge in [0.05, 0.1) is 17.9 Å². The summed E-state index contributed by atoms with van der Waals surface area (Å²) in [4.78, 5) is 17.0. The molecule has 0 bridgehead atoms. The summed E-state index contributed by atoms with van der Waals surface area (Å²) in [7, 11) is 1.94. The van der Waals surface area contributed by atoms with Crippen molar-refractivity contribution in [3.05, 3.63) is 71.9 Å². The molecule has 8 heteroatoms. The number of rotatable bonds is 5. The first-order chi connectivity index (χ1) is 13.5. The SMILES string of the molecule is Cc1c(C(C)NC(=O)c2cc(-c3cccn3C)n[nH]2)cnn1-c1ccccn1. The van der Waals surface area contributed by atoms with E-state index in [1.165, 1.54) is 0 Å². The van der Waals surface area contributed by atoms with Gasteiger partial charge in [-0.15, -0.1) is 0 Å². The Morgan fingerprint density at radius 3 is 2.82 bits per heavy atom. The fourth-order valence-corrected chi connectivity index (χ4v) is 3.21. The van der Waals surface area contributed by atoms with E-state index in [0.29, 0.717) is 5.69 Å². The summed E-state index contributed by atoms with van der Waals surface area (Å²) in [6.07, 6.45) is 5.43. The van der Waals surface area contributed by atoms with E-state index in [0.717, 1.165) is 28.5 Å². The highest BCUT2D eigenvalue weighted by Gasteiger charge is 2.19. The fraction of sp³-hybridized carbons (Fsp3) is 0.200. The van der Waals surface area contributed by atoms with Crippen molar-refractivity contribution in [2.75, 3.05) is 0 Å². The van der Waals surface area contributed by atoms with Crippen molar-refractivity contribution in [3.8, 4) is 17.2 Å². The number of amides is 1. The van der Waals surface area contributed by atoms with E-state index in [1.807, 2.05) is 62.0 Å². The maximum atomic E-state index is 12.7. The van der Waals surface area contributed by atoms with Gasteiger partial charge in [-0.05, 0) is 44.2 Å². The molecule has 4 aromatic heterocycles. The Morgan fingerprint density at radius 1 is 1.25 bits per heavy atom. The van der Waals surface area contributed by atoms with Crippen molar-refractivity contribution < 1.29 is 4.79 Å². The molecular weight excluding hydrogens is 354 g/mol. The van der Waals surface area contributed by atoms with Crippen molar-refractivity contribution in [1.82, 2.24) is 34.8 Å². The molecular formula is C20H21N7O. The Labute approximate surface area is 162 Å². The third kappa shape index (κ3) is 3.20. The lowest BCUT2D eigenvalue weighted by Gasteiger charge is -2.13. The Morgan fingerprint density at radius 2 is 2.11 bits per heavy atom. The first kappa shape index (κ1) is 17.7. The van der Waals surface area contributed by atoms with E-state index >= 15 is 0 Å². The predicted octanol–water partition coefficient (Wildman–Crippen LogP) is 2.80. The normalized spacial score (nSPS) is 12.1. The van der Waals surface area contributed by atoms with Crippen LogP contribution in [0.2, 0.25) is 0 Å². The number of aromatic amines is 1. The van der Waals surface area contributed by atoms with Gasteiger partial charge < -0.3 is 9.88 Å². The summed E-state index contributed by atoms with van der Waals surface area (Å²) in [6, 6.07) is 11.1. The minimum absolute atomic E-state index is 0.216. The Kier molecular flexibility index (Phi) is 4.52. The van der Waals surface area contributed by atoms with Crippen LogP contribution >= 0.6 is 0 Å². The van der Waals surface area contributed by atoms with Crippen LogP contribution in [0.15, 0.2) is 55.0 Å². The lowest BCUT2D eigenvalue weighted by molar-refractivity contribution is 0.0934. The summed E-state index contributed by atoms with van der Waals surface area (Å²) in [5.41, 5.74) is 3.94. The molecule has 0 saturated carbocycles. The molecule has 0 saturated heterocycles. The first-order valence-corrected chi connectivity index (χ1v) is 8.98. The van der Waals surface area contributed by atoms with Gasteiger partial charge in [0.25, 0.3) is 5.91 Å². The second kappa shape index (κ2) is 7.15. The van der Waals surface area contributed by atoms with Gasteiger partial charge in [0.1, 0.15) is 11.4 Å². The van der Waals surface area contributed by atoms with Gasteiger partial charge in [-0.3, -0.25) is 9.89 Å². The molecule has 0 radical (unpaired) electrons. The second-order valence-corrected chi connectivity index (χ2v) is 6.65. The van der Waals surface area contributed by atoms with Gasteiger partial charge >= 0.3 is 0 Å². The van der Waals surface area contributed by atoms with E-state index in [4.69, 9.17) is 0 Å². The minimum atomic E-state index is -0.217. The van der Waals surface area contributed by atoms with E-state index in [9.17, 15) is 4.79 Å². The number of carbonyl (C=O) groups excluding carboxylic acids is 1. The Bertz CT molecular complexity index is 1110. The van der Waals surface area contributed by atoms with Crippen molar-refractivity contribution in [3.63, 3.8) is 0 Å². The maximum Gasteiger partial charge on any atom is 0.269 e. The highest BCUT2D eigenvalue weighted by Crippen LogP contribution is 2.21. The molecule has 0 spiro atoms. The van der Waals surface area contributed by atoms with Gasteiger partial charge in [-0.25, -0.2) is 9.67 Å². The van der Waals surface area contributed by atoms with Gasteiger partial charge in [0.15, 0.2) is 5.82 Å². The molecule has 1 amide bonds. The number of nitrogens with one attached hydrogen (secondary N) is 2. The summed E-state index contributed by atoms with van der Waals surface area (Å²) in [6.45, 7) is 3.89. The van der Waals surface area contributed by atoms with Crippen LogP contribution in [0, 0.1) is 6.92 Å². The van der Waals surface area contributed by atoms with E-state index in [2.05, 4.69) is 25.6 Å². The molecule has 2 N–H and O–H groups in total. The van der Waals surface area contributed by atoms with Crippen molar-refractivity contribution in [2.24, 2.45) is 7.05 Å². The maximum absolute atomic E-state index is 12.7. The van der Waals surface area contributed by atoms with Crippen LogP contribution in [0.3, 0.4) is 0 Å². The molecule has 4 aromatic rings. The van der Waals surface area contributed by atoms with Crippen LogP contribution in [0.4, 0.5) is 0 Å². The van der Waals surface area contributed by atoms with E-state index in [1.54, 1.807) is 23.1 Å². The summed E-state index contributed by atoms with van der Waals surface area (Å²) in [5.74, 6) is 0.524. The predicted molar refractivity (Wildman–Crippen MR) is 105 cm³/mol. The number of nitrogens with zero attached hydrogens (tertiary/aromatic N) is 5. The molecule has 28 heavy (non-hydrogen) atoms. The summed E-state index contributed by atoms with van der Waals surface area (Å²) >= 11 is 0. The van der Waals surface area contributed by atoms with Gasteiger partial charge in [-0.1, -0.05) is 6.07 Å². The lowest BCUT2D eigenvalue weighted by atomic mass is 10.1. The van der Waals surface area contributed by atoms with Crippen LogP contribution in [0.25, 0.3) is 17.2 Å². The number of hydrogen-bond acceptors (Lipinski definition) is 4. The molecule has 142 valence electrons. The molecule has 0 fully saturated rings. The van der Waals surface area contributed by atoms with Crippen LogP contribution in [-0.4, -0.2) is 35.4 Å². The van der Waals surface area contributed by atoms with Crippen molar-refractivity contribution >= 4 is 5.91 Å². The number of aryl methyl sites for hydroxylation is 1. The highest BCUT2D eigenvalue weighted by atomic mass is 16.2. The number of carbonyl (C=O) groups is 1. The largest absolute Gasteiger partial charge is 0.349 e. The van der Waals surface area contributed by atoms with Crippen molar-refractivity contribution in [1.29, 1.82) is 0 Å². The highest BCUT2D eigenvalue weighted by molar-refractivity contribution is 5.93. The quantitative estimate of drug-likeness (QED) is 0.561. The number of pyridine rings is 1. The van der Waals surface area contributed by atoms with Crippen LogP contribution in [0.1, 0.15) is 34.7 Å². The fourth-order valence-electron chi connectivity index (χ4n) is 3.21. The molecule has 4 heterocycles. The van der Waals surface area contributed by atoms with E-state index < -0.39 is 0 Å². The van der Waals surface area contributed by atoms with Gasteiger partial charge in [0.2, 0.25) is 0 Å². The monoisotopic (exact) mass is 375 g/mol. The molecule has 1 atom stereocenters. The smallest absolute Gasteiger partial charge is 0.269 e.